The number of pyridine rings is 1. The molecule has 0 radical (unpaired) electrons. The van der Waals surface area contributed by atoms with Crippen LogP contribution in [-0.4, -0.2) is 28.9 Å². The Kier molecular flexibility index (Phi) is 5.88. The Morgan fingerprint density at radius 3 is 2.48 bits per heavy atom. The first-order chi connectivity index (χ1) is 11.9. The van der Waals surface area contributed by atoms with Crippen molar-refractivity contribution in [2.24, 2.45) is 11.7 Å². The van der Waals surface area contributed by atoms with Gasteiger partial charge in [-0.1, -0.05) is 19.9 Å². The van der Waals surface area contributed by atoms with E-state index in [0.717, 1.165) is 0 Å². The number of amides is 2. The van der Waals surface area contributed by atoms with Crippen LogP contribution in [0, 0.1) is 5.92 Å². The van der Waals surface area contributed by atoms with Gasteiger partial charge in [-0.3, -0.25) is 14.6 Å². The molecule has 0 spiro atoms. The summed E-state index contributed by atoms with van der Waals surface area (Å²) in [4.78, 5) is 28.7. The van der Waals surface area contributed by atoms with Gasteiger partial charge in [0.2, 0.25) is 0 Å². The van der Waals surface area contributed by atoms with E-state index in [2.05, 4.69) is 15.6 Å². The van der Waals surface area contributed by atoms with Crippen LogP contribution in [0.1, 0.15) is 41.5 Å². The van der Waals surface area contributed by atoms with E-state index < -0.39 is 5.54 Å². The fourth-order valence-corrected chi connectivity index (χ4v) is 2.20. The van der Waals surface area contributed by atoms with Gasteiger partial charge in [0.25, 0.3) is 11.8 Å². The minimum Gasteiger partial charge on any atom is -0.345 e. The van der Waals surface area contributed by atoms with Crippen molar-refractivity contribution in [1.29, 1.82) is 0 Å². The Hall–Kier alpha value is -2.73. The second-order valence-electron chi connectivity index (χ2n) is 6.51. The van der Waals surface area contributed by atoms with Crippen LogP contribution in [0.5, 0.6) is 0 Å². The molecule has 132 valence electrons. The second kappa shape index (κ2) is 7.90. The summed E-state index contributed by atoms with van der Waals surface area (Å²) < 4.78 is 0. The quantitative estimate of drug-likeness (QED) is 0.752. The van der Waals surface area contributed by atoms with Gasteiger partial charge in [-0.15, -0.1) is 0 Å². The Balaban J connectivity index is 2.13. The third-order valence-electron chi connectivity index (χ3n) is 4.40. The molecule has 0 aliphatic heterocycles. The molecule has 1 atom stereocenters. The van der Waals surface area contributed by atoms with Gasteiger partial charge in [-0.2, -0.15) is 0 Å². The molecule has 0 aliphatic rings. The number of carbonyl (C=O) groups excluding carboxylic acids is 2. The van der Waals surface area contributed by atoms with Gasteiger partial charge in [0.1, 0.15) is 0 Å². The number of hydrogen-bond donors (Lipinski definition) is 3. The van der Waals surface area contributed by atoms with Gasteiger partial charge in [-0.25, -0.2) is 0 Å². The first-order valence-corrected chi connectivity index (χ1v) is 8.20. The minimum atomic E-state index is -0.494. The molecule has 2 amide bonds. The average Bonchev–Trinajstić information content (AvgIpc) is 2.62. The van der Waals surface area contributed by atoms with Crippen LogP contribution >= 0.6 is 0 Å². The summed E-state index contributed by atoms with van der Waals surface area (Å²) in [6.07, 6.45) is 3.09. The van der Waals surface area contributed by atoms with E-state index in [0.29, 0.717) is 23.4 Å². The van der Waals surface area contributed by atoms with Crippen molar-refractivity contribution in [2.45, 2.75) is 26.3 Å². The maximum absolute atomic E-state index is 12.5. The fraction of sp³-hybridized carbons (Fsp3) is 0.316. The fourth-order valence-electron chi connectivity index (χ4n) is 2.20. The molecule has 0 saturated carbocycles. The van der Waals surface area contributed by atoms with Crippen LogP contribution in [0.2, 0.25) is 0 Å². The molecular weight excluding hydrogens is 316 g/mol. The Bertz CT molecular complexity index is 746. The largest absolute Gasteiger partial charge is 0.345 e. The molecule has 1 aromatic carbocycles. The standard InChI is InChI=1S/C19H24N4O2/c1-13(2)19(3,12-20)23-18(25)14-6-4-8-16(10-14)22-17(24)15-7-5-9-21-11-15/h4-11,13H,12,20H2,1-3H3,(H,22,24)(H,23,25). The van der Waals surface area contributed by atoms with Crippen molar-refractivity contribution in [3.63, 3.8) is 0 Å². The highest BCUT2D eigenvalue weighted by molar-refractivity contribution is 6.05. The van der Waals surface area contributed by atoms with E-state index in [4.69, 9.17) is 5.73 Å². The molecule has 25 heavy (non-hydrogen) atoms. The molecule has 1 heterocycles. The number of benzene rings is 1. The molecule has 0 fully saturated rings. The summed E-state index contributed by atoms with van der Waals surface area (Å²) in [6.45, 7) is 6.28. The molecule has 2 aromatic rings. The Morgan fingerprint density at radius 2 is 1.88 bits per heavy atom. The zero-order valence-corrected chi connectivity index (χ0v) is 14.7. The SMILES string of the molecule is CC(C)C(C)(CN)NC(=O)c1cccc(NC(=O)c2cccnc2)c1. The first-order valence-electron chi connectivity index (χ1n) is 8.20. The summed E-state index contributed by atoms with van der Waals surface area (Å²) in [7, 11) is 0. The molecule has 1 aromatic heterocycles. The van der Waals surface area contributed by atoms with Gasteiger partial charge in [0, 0.05) is 30.2 Å². The minimum absolute atomic E-state index is 0.190. The molecule has 6 heteroatoms. The van der Waals surface area contributed by atoms with E-state index in [9.17, 15) is 9.59 Å². The third-order valence-corrected chi connectivity index (χ3v) is 4.40. The molecule has 2 rings (SSSR count). The summed E-state index contributed by atoms with van der Waals surface area (Å²) in [6, 6.07) is 10.2. The topological polar surface area (TPSA) is 97.1 Å². The van der Waals surface area contributed by atoms with Crippen LogP contribution in [0.3, 0.4) is 0 Å². The highest BCUT2D eigenvalue weighted by Gasteiger charge is 2.28. The van der Waals surface area contributed by atoms with Gasteiger partial charge < -0.3 is 16.4 Å². The maximum Gasteiger partial charge on any atom is 0.257 e. The highest BCUT2D eigenvalue weighted by atomic mass is 16.2. The second-order valence-corrected chi connectivity index (χ2v) is 6.51. The number of rotatable bonds is 6. The Morgan fingerprint density at radius 1 is 1.16 bits per heavy atom. The van der Waals surface area contributed by atoms with Crippen LogP contribution in [0.25, 0.3) is 0 Å². The normalized spacial score (nSPS) is 13.2. The van der Waals surface area contributed by atoms with Crippen LogP contribution in [0.15, 0.2) is 48.8 Å². The van der Waals surface area contributed by atoms with Crippen molar-refractivity contribution in [3.05, 3.63) is 59.9 Å². The lowest BCUT2D eigenvalue weighted by molar-refractivity contribution is 0.0882. The van der Waals surface area contributed by atoms with Gasteiger partial charge in [-0.05, 0) is 43.2 Å². The van der Waals surface area contributed by atoms with Crippen molar-refractivity contribution in [3.8, 4) is 0 Å². The number of nitrogens with zero attached hydrogens (tertiary/aromatic N) is 1. The zero-order chi connectivity index (χ0) is 18.4. The maximum atomic E-state index is 12.5. The van der Waals surface area contributed by atoms with E-state index in [-0.39, 0.29) is 17.7 Å². The third kappa shape index (κ3) is 4.64. The van der Waals surface area contributed by atoms with Crippen LogP contribution < -0.4 is 16.4 Å². The molecule has 1 unspecified atom stereocenters. The smallest absolute Gasteiger partial charge is 0.257 e. The number of carbonyl (C=O) groups is 2. The van der Waals surface area contributed by atoms with Crippen LogP contribution in [-0.2, 0) is 0 Å². The zero-order valence-electron chi connectivity index (χ0n) is 14.7. The van der Waals surface area contributed by atoms with E-state index >= 15 is 0 Å². The summed E-state index contributed by atoms with van der Waals surface area (Å²) >= 11 is 0. The number of nitrogens with two attached hydrogens (primary N) is 1. The molecular formula is C19H24N4O2. The molecule has 6 nitrogen and oxygen atoms in total. The van der Waals surface area contributed by atoms with E-state index in [1.165, 1.54) is 6.20 Å². The van der Waals surface area contributed by atoms with Gasteiger partial charge >= 0.3 is 0 Å². The molecule has 4 N–H and O–H groups in total. The van der Waals surface area contributed by atoms with Crippen molar-refractivity contribution >= 4 is 17.5 Å². The highest BCUT2D eigenvalue weighted by Crippen LogP contribution is 2.17. The number of anilines is 1. The monoisotopic (exact) mass is 340 g/mol. The molecule has 0 aliphatic carbocycles. The van der Waals surface area contributed by atoms with Gasteiger partial charge in [0.05, 0.1) is 11.1 Å². The van der Waals surface area contributed by atoms with Crippen molar-refractivity contribution in [2.75, 3.05) is 11.9 Å². The molecule has 0 bridgehead atoms. The lowest BCUT2D eigenvalue weighted by Crippen LogP contribution is -2.55. The Labute approximate surface area is 147 Å². The predicted octanol–water partition coefficient (Wildman–Crippen LogP) is 2.44. The van der Waals surface area contributed by atoms with Crippen molar-refractivity contribution < 1.29 is 9.59 Å². The van der Waals surface area contributed by atoms with Gasteiger partial charge in [0.15, 0.2) is 0 Å². The summed E-state index contributed by atoms with van der Waals surface area (Å²) in [5.41, 5.74) is 6.78. The molecule has 0 saturated heterocycles. The average molecular weight is 340 g/mol. The first kappa shape index (κ1) is 18.6. The van der Waals surface area contributed by atoms with Crippen molar-refractivity contribution in [1.82, 2.24) is 10.3 Å². The summed E-state index contributed by atoms with van der Waals surface area (Å²) in [5, 5.41) is 5.75. The summed E-state index contributed by atoms with van der Waals surface area (Å²) in [5.74, 6) is -0.311. The lowest BCUT2D eigenvalue weighted by atomic mass is 9.88. The van der Waals surface area contributed by atoms with E-state index in [1.54, 1.807) is 42.6 Å². The van der Waals surface area contributed by atoms with E-state index in [1.807, 2.05) is 20.8 Å². The number of hydrogen-bond acceptors (Lipinski definition) is 4. The number of aromatic nitrogens is 1. The van der Waals surface area contributed by atoms with Crippen LogP contribution in [0.4, 0.5) is 5.69 Å². The lowest BCUT2D eigenvalue weighted by Gasteiger charge is -2.33. The number of nitrogens with one attached hydrogen (secondary N) is 2. The predicted molar refractivity (Wildman–Crippen MR) is 98.4 cm³/mol.